The minimum Gasteiger partial charge on any atom is -0.450 e. The van der Waals surface area contributed by atoms with Crippen molar-refractivity contribution in [2.75, 3.05) is 30.9 Å². The molecule has 5 aromatic rings. The predicted octanol–water partition coefficient (Wildman–Crippen LogP) is 4.42. The number of pyridine rings is 1. The third-order valence-corrected chi connectivity index (χ3v) is 6.54. The van der Waals surface area contributed by atoms with Crippen LogP contribution < -0.4 is 15.4 Å². The molecular formula is C22H20ClF3N10O2. The van der Waals surface area contributed by atoms with E-state index in [9.17, 15) is 13.2 Å². The van der Waals surface area contributed by atoms with Crippen molar-refractivity contribution in [1.82, 2.24) is 38.9 Å². The van der Waals surface area contributed by atoms with Gasteiger partial charge in [-0.15, -0.1) is 0 Å². The third kappa shape index (κ3) is 4.03. The first-order valence-electron chi connectivity index (χ1n) is 11.4. The van der Waals surface area contributed by atoms with Crippen LogP contribution in [0, 0.1) is 0 Å². The molecule has 0 aliphatic carbocycles. The van der Waals surface area contributed by atoms with E-state index < -0.39 is 17.9 Å². The molecule has 0 radical (unpaired) electrons. The quantitative estimate of drug-likeness (QED) is 0.317. The van der Waals surface area contributed by atoms with Crippen LogP contribution >= 0.6 is 11.6 Å². The molecule has 1 fully saturated rings. The van der Waals surface area contributed by atoms with Crippen molar-refractivity contribution < 1.29 is 22.6 Å². The number of rotatable bonds is 6. The second-order valence-electron chi connectivity index (χ2n) is 8.53. The molecule has 0 unspecified atom stereocenters. The van der Waals surface area contributed by atoms with Gasteiger partial charge in [0.25, 0.3) is 0 Å². The van der Waals surface area contributed by atoms with Crippen LogP contribution in [0.4, 0.5) is 30.8 Å². The van der Waals surface area contributed by atoms with Crippen molar-refractivity contribution in [2.24, 2.45) is 7.05 Å². The monoisotopic (exact) mass is 548 g/mol. The Morgan fingerprint density at radius 1 is 1.18 bits per heavy atom. The highest BCUT2D eigenvalue weighted by Crippen LogP contribution is 2.39. The Kier molecular flexibility index (Phi) is 5.75. The Bertz CT molecular complexity index is 1650. The van der Waals surface area contributed by atoms with E-state index in [1.807, 2.05) is 0 Å². The molecule has 1 aliphatic heterocycles. The number of imidazole rings is 1. The minimum absolute atomic E-state index is 0.0197. The van der Waals surface area contributed by atoms with Crippen molar-refractivity contribution in [2.45, 2.75) is 18.6 Å². The fourth-order valence-electron chi connectivity index (χ4n) is 4.36. The van der Waals surface area contributed by atoms with E-state index in [1.165, 1.54) is 12.4 Å². The van der Waals surface area contributed by atoms with Gasteiger partial charge in [-0.1, -0.05) is 11.6 Å². The second kappa shape index (κ2) is 9.02. The fraction of sp³-hybridized carbons (Fsp3) is 0.318. The standard InChI is InChI=1S/C22H20ClF3N10O2/c1-27-19-17-13(9-30-35(17)5-4-28-19)38-12-8-29-20-18(16(12)23)34(2)21(32-20)31-15-7-14(22(24,25)26)36(33-15)11-3-6-37-10-11/h4-5,7-9,11H,3,6,10H2,1-2H3,(H,27,28)(H,29,31,32,33)/t11-/m0/s1. The van der Waals surface area contributed by atoms with Crippen LogP contribution in [0.1, 0.15) is 18.2 Å². The van der Waals surface area contributed by atoms with Crippen LogP contribution in [0.3, 0.4) is 0 Å². The summed E-state index contributed by atoms with van der Waals surface area (Å²) in [5, 5.41) is 14.5. The Morgan fingerprint density at radius 3 is 2.76 bits per heavy atom. The summed E-state index contributed by atoms with van der Waals surface area (Å²) in [6, 6.07) is 0.441. The van der Waals surface area contributed by atoms with E-state index in [4.69, 9.17) is 21.1 Å². The molecule has 0 aromatic carbocycles. The van der Waals surface area contributed by atoms with Crippen LogP contribution in [0.25, 0.3) is 16.7 Å². The zero-order valence-corrected chi connectivity index (χ0v) is 20.7. The Morgan fingerprint density at radius 2 is 2.03 bits per heavy atom. The summed E-state index contributed by atoms with van der Waals surface area (Å²) in [5.74, 6) is 1.37. The average Bonchev–Trinajstić information content (AvgIpc) is 3.67. The van der Waals surface area contributed by atoms with Crippen molar-refractivity contribution >= 4 is 45.9 Å². The molecule has 198 valence electrons. The van der Waals surface area contributed by atoms with Crippen LogP contribution in [0.15, 0.2) is 30.9 Å². The zero-order chi connectivity index (χ0) is 26.6. The average molecular weight is 549 g/mol. The molecule has 1 aliphatic rings. The Labute approximate surface area is 217 Å². The Balaban J connectivity index is 1.34. The number of anilines is 3. The minimum atomic E-state index is -4.58. The first kappa shape index (κ1) is 24.2. The summed E-state index contributed by atoms with van der Waals surface area (Å²) >= 11 is 6.69. The van der Waals surface area contributed by atoms with E-state index in [0.29, 0.717) is 35.6 Å². The topological polar surface area (TPSA) is 121 Å². The first-order chi connectivity index (χ1) is 18.2. The molecule has 5 aromatic heterocycles. The molecular weight excluding hydrogens is 529 g/mol. The molecule has 16 heteroatoms. The number of hydrogen-bond acceptors (Lipinski definition) is 9. The van der Waals surface area contributed by atoms with Crippen LogP contribution in [0.2, 0.25) is 5.02 Å². The fourth-order valence-corrected chi connectivity index (χ4v) is 4.66. The molecule has 0 bridgehead atoms. The first-order valence-corrected chi connectivity index (χ1v) is 11.8. The van der Waals surface area contributed by atoms with E-state index in [0.717, 1.165) is 10.7 Å². The number of alkyl halides is 3. The van der Waals surface area contributed by atoms with Crippen LogP contribution in [-0.4, -0.2) is 59.2 Å². The molecule has 6 heterocycles. The van der Waals surface area contributed by atoms with Crippen LogP contribution in [0.5, 0.6) is 11.5 Å². The molecule has 0 saturated carbocycles. The lowest BCUT2D eigenvalue weighted by Crippen LogP contribution is -2.19. The van der Waals surface area contributed by atoms with Gasteiger partial charge in [0.2, 0.25) is 5.95 Å². The summed E-state index contributed by atoms with van der Waals surface area (Å²) in [4.78, 5) is 13.0. The number of ether oxygens (including phenoxy) is 2. The summed E-state index contributed by atoms with van der Waals surface area (Å²) in [5.41, 5.74) is 0.409. The third-order valence-electron chi connectivity index (χ3n) is 6.18. The van der Waals surface area contributed by atoms with Gasteiger partial charge in [-0.3, -0.25) is 4.68 Å². The summed E-state index contributed by atoms with van der Waals surface area (Å²) in [7, 11) is 3.38. The van der Waals surface area contributed by atoms with Gasteiger partial charge < -0.3 is 24.7 Å². The van der Waals surface area contributed by atoms with E-state index in [1.54, 1.807) is 35.6 Å². The van der Waals surface area contributed by atoms with Crippen molar-refractivity contribution in [3.63, 3.8) is 0 Å². The highest BCUT2D eigenvalue weighted by atomic mass is 35.5. The van der Waals surface area contributed by atoms with Crippen molar-refractivity contribution in [1.29, 1.82) is 0 Å². The SMILES string of the molecule is CNc1nccn2ncc(Oc3cnc4nc(Nc5cc(C(F)(F)F)n([C@H]6CCOC6)n5)n(C)c4c3Cl)c12. The van der Waals surface area contributed by atoms with Crippen molar-refractivity contribution in [3.8, 4) is 11.5 Å². The Hall–Kier alpha value is -4.11. The maximum Gasteiger partial charge on any atom is 0.433 e. The van der Waals surface area contributed by atoms with Crippen LogP contribution in [-0.2, 0) is 18.0 Å². The molecule has 0 spiro atoms. The lowest BCUT2D eigenvalue weighted by Gasteiger charge is -2.14. The van der Waals surface area contributed by atoms with Gasteiger partial charge in [0.15, 0.2) is 34.3 Å². The molecule has 38 heavy (non-hydrogen) atoms. The van der Waals surface area contributed by atoms with Crippen molar-refractivity contribution in [3.05, 3.63) is 41.6 Å². The van der Waals surface area contributed by atoms with Gasteiger partial charge in [-0.2, -0.15) is 28.4 Å². The molecule has 12 nitrogen and oxygen atoms in total. The number of nitrogens with zero attached hydrogens (tertiary/aromatic N) is 8. The number of nitrogens with one attached hydrogen (secondary N) is 2. The van der Waals surface area contributed by atoms with Gasteiger partial charge in [0.1, 0.15) is 16.2 Å². The molecule has 2 N–H and O–H groups in total. The normalized spacial score (nSPS) is 16.0. The number of halogens is 4. The van der Waals surface area contributed by atoms with E-state index in [-0.39, 0.29) is 34.8 Å². The lowest BCUT2D eigenvalue weighted by molar-refractivity contribution is -0.145. The highest BCUT2D eigenvalue weighted by molar-refractivity contribution is 6.36. The number of aryl methyl sites for hydroxylation is 1. The zero-order valence-electron chi connectivity index (χ0n) is 20.0. The van der Waals surface area contributed by atoms with Gasteiger partial charge in [-0.25, -0.2) is 14.5 Å². The largest absolute Gasteiger partial charge is 0.450 e. The molecule has 1 saturated heterocycles. The van der Waals surface area contributed by atoms with Gasteiger partial charge in [0, 0.05) is 39.2 Å². The number of hydrogen-bond donors (Lipinski definition) is 2. The number of aromatic nitrogens is 8. The summed E-state index contributed by atoms with van der Waals surface area (Å²) < 4.78 is 56.5. The van der Waals surface area contributed by atoms with Gasteiger partial charge in [0.05, 0.1) is 25.0 Å². The predicted molar refractivity (Wildman–Crippen MR) is 131 cm³/mol. The molecule has 1 atom stereocenters. The smallest absolute Gasteiger partial charge is 0.433 e. The molecule has 0 amide bonds. The molecule has 6 rings (SSSR count). The summed E-state index contributed by atoms with van der Waals surface area (Å²) in [6.07, 6.45) is 2.08. The summed E-state index contributed by atoms with van der Waals surface area (Å²) in [6.45, 7) is 0.545. The van der Waals surface area contributed by atoms with Gasteiger partial charge in [-0.05, 0) is 6.42 Å². The highest BCUT2D eigenvalue weighted by Gasteiger charge is 2.38. The second-order valence-corrected chi connectivity index (χ2v) is 8.91. The maximum absolute atomic E-state index is 13.7. The lowest BCUT2D eigenvalue weighted by atomic mass is 10.2. The van der Waals surface area contributed by atoms with E-state index >= 15 is 0 Å². The van der Waals surface area contributed by atoms with Gasteiger partial charge >= 0.3 is 6.18 Å². The maximum atomic E-state index is 13.7. The number of fused-ring (bicyclic) bond motifs is 2. The van der Waals surface area contributed by atoms with E-state index in [2.05, 4.69) is 35.8 Å².